The van der Waals surface area contributed by atoms with Crippen LogP contribution in [0.25, 0.3) is 0 Å². The molecule has 0 unspecified atom stereocenters. The number of anilines is 1. The Morgan fingerprint density at radius 1 is 1.26 bits per heavy atom. The Kier molecular flexibility index (Phi) is 4.88. The Morgan fingerprint density at radius 3 is 2.65 bits per heavy atom. The van der Waals surface area contributed by atoms with Crippen LogP contribution in [0, 0.1) is 5.82 Å². The monoisotopic (exact) mass is 324 g/mol. The minimum atomic E-state index is -2.16. The quantitative estimate of drug-likeness (QED) is 0.420. The van der Waals surface area contributed by atoms with Gasteiger partial charge in [-0.2, -0.15) is 0 Å². The predicted molar refractivity (Wildman–Crippen MR) is 77.1 cm³/mol. The third kappa shape index (κ3) is 4.25. The summed E-state index contributed by atoms with van der Waals surface area (Å²) in [5.41, 5.74) is -2.55. The highest BCUT2D eigenvalue weighted by Crippen LogP contribution is 2.12. The average molecular weight is 324 g/mol. The molecular formula is C13H13FN4O5. The minimum absolute atomic E-state index is 0.0259. The maximum absolute atomic E-state index is 13.0. The van der Waals surface area contributed by atoms with Crippen molar-refractivity contribution in [2.24, 2.45) is 0 Å². The van der Waals surface area contributed by atoms with Crippen LogP contribution in [0.15, 0.2) is 33.9 Å². The molecule has 0 saturated heterocycles. The minimum Gasteiger partial charge on any atom is -0.363 e. The van der Waals surface area contributed by atoms with E-state index in [1.165, 1.54) is 18.2 Å². The topological polar surface area (TPSA) is 147 Å². The summed E-state index contributed by atoms with van der Waals surface area (Å²) in [6.45, 7) is -0.0259. The fraction of sp³-hybridized carbons (Fsp3) is 0.154. The number of halogens is 1. The molecule has 6 N–H and O–H groups in total. The number of aromatic amines is 2. The third-order valence-electron chi connectivity index (χ3n) is 2.81. The summed E-state index contributed by atoms with van der Waals surface area (Å²) in [5, 5.41) is 22.7. The van der Waals surface area contributed by atoms with Crippen LogP contribution >= 0.6 is 0 Å². The zero-order valence-electron chi connectivity index (χ0n) is 11.6. The molecule has 23 heavy (non-hydrogen) atoms. The molecule has 0 radical (unpaired) electrons. The Bertz CT molecular complexity index is 830. The smallest absolute Gasteiger partial charge is 0.326 e. The summed E-state index contributed by atoms with van der Waals surface area (Å²) < 4.78 is 13.0. The van der Waals surface area contributed by atoms with E-state index in [2.05, 4.69) is 10.6 Å². The molecule has 0 aliphatic rings. The molecule has 0 saturated carbocycles. The number of carbonyl (C=O) groups excluding carboxylic acids is 1. The van der Waals surface area contributed by atoms with Gasteiger partial charge in [0.15, 0.2) is 6.29 Å². The van der Waals surface area contributed by atoms with E-state index in [1.807, 2.05) is 9.97 Å². The van der Waals surface area contributed by atoms with Crippen molar-refractivity contribution < 1.29 is 19.4 Å². The van der Waals surface area contributed by atoms with E-state index >= 15 is 0 Å². The van der Waals surface area contributed by atoms with Gasteiger partial charge in [-0.1, -0.05) is 12.1 Å². The van der Waals surface area contributed by atoms with Crippen LogP contribution in [0.3, 0.4) is 0 Å². The number of rotatable bonds is 4. The van der Waals surface area contributed by atoms with Crippen LogP contribution in [0.4, 0.5) is 14.9 Å². The van der Waals surface area contributed by atoms with Crippen LogP contribution < -0.4 is 21.9 Å². The lowest BCUT2D eigenvalue weighted by Crippen LogP contribution is -2.35. The second-order valence-corrected chi connectivity index (χ2v) is 4.51. The molecule has 122 valence electrons. The number of amides is 2. The SMILES string of the molecule is O=C(NCc1cccc(F)c1)Nc1c(C(O)O)[nH]c(=O)[nH]c1=O. The first-order valence-corrected chi connectivity index (χ1v) is 6.38. The van der Waals surface area contributed by atoms with E-state index < -0.39 is 40.8 Å². The maximum Gasteiger partial charge on any atom is 0.326 e. The van der Waals surface area contributed by atoms with E-state index in [4.69, 9.17) is 10.2 Å². The van der Waals surface area contributed by atoms with Crippen molar-refractivity contribution in [3.8, 4) is 0 Å². The number of H-pyrrole nitrogens is 2. The van der Waals surface area contributed by atoms with Gasteiger partial charge in [0.2, 0.25) is 0 Å². The Labute approximate surface area is 127 Å². The molecule has 0 aliphatic carbocycles. The fourth-order valence-electron chi connectivity index (χ4n) is 1.81. The fourth-order valence-corrected chi connectivity index (χ4v) is 1.81. The van der Waals surface area contributed by atoms with E-state index in [0.29, 0.717) is 5.56 Å². The second-order valence-electron chi connectivity index (χ2n) is 4.51. The molecule has 1 aromatic heterocycles. The molecule has 2 rings (SSSR count). The first-order chi connectivity index (χ1) is 10.9. The lowest BCUT2D eigenvalue weighted by Gasteiger charge is -2.11. The highest BCUT2D eigenvalue weighted by atomic mass is 19.1. The predicted octanol–water partition coefficient (Wildman–Crippen LogP) is -0.493. The molecule has 2 aromatic rings. The summed E-state index contributed by atoms with van der Waals surface area (Å²) >= 11 is 0. The Hall–Kier alpha value is -2.98. The van der Waals surface area contributed by atoms with Gasteiger partial charge in [0.25, 0.3) is 5.56 Å². The number of hydrogen-bond acceptors (Lipinski definition) is 5. The molecule has 2 amide bonds. The number of aromatic nitrogens is 2. The van der Waals surface area contributed by atoms with Crippen LogP contribution in [-0.4, -0.2) is 26.2 Å². The van der Waals surface area contributed by atoms with E-state index in [1.54, 1.807) is 6.07 Å². The number of hydrogen-bond donors (Lipinski definition) is 6. The largest absolute Gasteiger partial charge is 0.363 e. The summed E-state index contributed by atoms with van der Waals surface area (Å²) in [4.78, 5) is 38.3. The van der Waals surface area contributed by atoms with Crippen molar-refractivity contribution >= 4 is 11.7 Å². The van der Waals surface area contributed by atoms with Gasteiger partial charge in [0.05, 0.1) is 0 Å². The lowest BCUT2D eigenvalue weighted by atomic mass is 10.2. The second kappa shape index (κ2) is 6.85. The summed E-state index contributed by atoms with van der Waals surface area (Å²) in [5.74, 6) is -0.465. The number of carbonyl (C=O) groups is 1. The van der Waals surface area contributed by atoms with Crippen molar-refractivity contribution in [2.75, 3.05) is 5.32 Å². The molecule has 1 aromatic carbocycles. The highest BCUT2D eigenvalue weighted by molar-refractivity contribution is 5.89. The van der Waals surface area contributed by atoms with Gasteiger partial charge in [-0.25, -0.2) is 14.0 Å². The Morgan fingerprint density at radius 2 is 2.00 bits per heavy atom. The molecular weight excluding hydrogens is 311 g/mol. The zero-order chi connectivity index (χ0) is 17.0. The summed E-state index contributed by atoms with van der Waals surface area (Å²) in [7, 11) is 0. The molecule has 0 aliphatic heterocycles. The molecule has 0 spiro atoms. The molecule has 0 atom stereocenters. The van der Waals surface area contributed by atoms with Crippen molar-refractivity contribution in [2.45, 2.75) is 12.8 Å². The van der Waals surface area contributed by atoms with Crippen LogP contribution in [0.2, 0.25) is 0 Å². The Balaban J connectivity index is 2.11. The maximum atomic E-state index is 13.0. The number of aliphatic hydroxyl groups excluding tert-OH is 1. The van der Waals surface area contributed by atoms with Gasteiger partial charge in [-0.15, -0.1) is 0 Å². The van der Waals surface area contributed by atoms with Crippen LogP contribution in [0.1, 0.15) is 17.5 Å². The standard InChI is InChI=1S/C13H13FN4O5/c14-7-3-1-2-6(4-7)5-15-12(22)16-8-9(11(20)21)17-13(23)18-10(8)19/h1-4,11,20-21H,5H2,(H2,15,16,22)(H2,17,18,19,23). The molecule has 9 nitrogen and oxygen atoms in total. The van der Waals surface area contributed by atoms with Crippen molar-refractivity contribution in [1.82, 2.24) is 15.3 Å². The number of aliphatic hydroxyl groups is 2. The molecule has 1 heterocycles. The molecule has 10 heteroatoms. The molecule has 0 bridgehead atoms. The van der Waals surface area contributed by atoms with Crippen LogP contribution in [-0.2, 0) is 6.54 Å². The van der Waals surface area contributed by atoms with Crippen molar-refractivity contribution in [1.29, 1.82) is 0 Å². The number of urea groups is 1. The first-order valence-electron chi connectivity index (χ1n) is 6.38. The highest BCUT2D eigenvalue weighted by Gasteiger charge is 2.17. The van der Waals surface area contributed by atoms with Gasteiger partial charge in [0, 0.05) is 6.54 Å². The lowest BCUT2D eigenvalue weighted by molar-refractivity contribution is -0.0455. The number of benzene rings is 1. The summed E-state index contributed by atoms with van der Waals surface area (Å²) in [6, 6.07) is 4.67. The van der Waals surface area contributed by atoms with Gasteiger partial charge in [-0.3, -0.25) is 9.78 Å². The van der Waals surface area contributed by atoms with Gasteiger partial charge in [-0.05, 0) is 17.7 Å². The van der Waals surface area contributed by atoms with Crippen LogP contribution in [0.5, 0.6) is 0 Å². The number of nitrogens with one attached hydrogen (secondary N) is 4. The van der Waals surface area contributed by atoms with Gasteiger partial charge < -0.3 is 25.8 Å². The van der Waals surface area contributed by atoms with Gasteiger partial charge >= 0.3 is 11.7 Å². The zero-order valence-corrected chi connectivity index (χ0v) is 11.6. The average Bonchev–Trinajstić information content (AvgIpc) is 2.47. The van der Waals surface area contributed by atoms with E-state index in [-0.39, 0.29) is 6.54 Å². The molecule has 0 fully saturated rings. The van der Waals surface area contributed by atoms with Gasteiger partial charge in [0.1, 0.15) is 17.2 Å². The van der Waals surface area contributed by atoms with Crippen molar-refractivity contribution in [3.63, 3.8) is 0 Å². The van der Waals surface area contributed by atoms with E-state index in [0.717, 1.165) is 0 Å². The normalized spacial score (nSPS) is 10.6. The summed E-state index contributed by atoms with van der Waals surface area (Å²) in [6.07, 6.45) is -2.16. The van der Waals surface area contributed by atoms with Crippen molar-refractivity contribution in [3.05, 3.63) is 62.2 Å². The van der Waals surface area contributed by atoms with E-state index in [9.17, 15) is 18.8 Å². The first kappa shape index (κ1) is 16.4. The third-order valence-corrected chi connectivity index (χ3v) is 2.81.